The van der Waals surface area contributed by atoms with Crippen molar-refractivity contribution < 1.29 is 14.3 Å². The summed E-state index contributed by atoms with van der Waals surface area (Å²) in [6.07, 6.45) is 1.79. The number of aromatic amines is 1. The third-order valence-electron chi connectivity index (χ3n) is 4.63. The summed E-state index contributed by atoms with van der Waals surface area (Å²) < 4.78 is 11.2. The number of ether oxygens (including phenoxy) is 2. The van der Waals surface area contributed by atoms with E-state index in [9.17, 15) is 4.79 Å². The highest BCUT2D eigenvalue weighted by atomic mass is 35.5. The maximum Gasteiger partial charge on any atom is 0.251 e. The van der Waals surface area contributed by atoms with E-state index < -0.39 is 0 Å². The molecule has 3 N–H and O–H groups in total. The van der Waals surface area contributed by atoms with Crippen molar-refractivity contribution in [3.8, 4) is 22.8 Å². The molecule has 156 valence electrons. The van der Waals surface area contributed by atoms with Crippen LogP contribution in [0.15, 0.2) is 42.6 Å². The summed E-state index contributed by atoms with van der Waals surface area (Å²) in [5.74, 6) is 1.29. The average Bonchev–Trinajstić information content (AvgIpc) is 3.23. The molecule has 9 heteroatoms. The quantitative estimate of drug-likeness (QED) is 0.481. The minimum atomic E-state index is -0.198. The lowest BCUT2D eigenvalue weighted by Crippen LogP contribution is -2.31. The van der Waals surface area contributed by atoms with Crippen LogP contribution < -0.4 is 20.1 Å². The van der Waals surface area contributed by atoms with Crippen LogP contribution in [-0.2, 0) is 6.54 Å². The van der Waals surface area contributed by atoms with Gasteiger partial charge in [0.05, 0.1) is 21.9 Å². The van der Waals surface area contributed by atoms with Crippen LogP contribution in [0.1, 0.15) is 15.9 Å². The van der Waals surface area contributed by atoms with Crippen LogP contribution in [0, 0.1) is 0 Å². The van der Waals surface area contributed by atoms with Gasteiger partial charge in [-0.1, -0.05) is 23.2 Å². The van der Waals surface area contributed by atoms with Crippen molar-refractivity contribution in [3.63, 3.8) is 0 Å². The minimum absolute atomic E-state index is 0.198. The number of benzene rings is 2. The molecule has 0 spiro atoms. The predicted molar refractivity (Wildman–Crippen MR) is 116 cm³/mol. The molecular weight excluding hydrogens is 427 g/mol. The molecular formula is C21H20Cl2N4O3. The van der Waals surface area contributed by atoms with E-state index in [1.807, 2.05) is 18.2 Å². The van der Waals surface area contributed by atoms with Gasteiger partial charge in [0.1, 0.15) is 13.2 Å². The first-order valence-electron chi connectivity index (χ1n) is 9.48. The number of hydrogen-bond donors (Lipinski definition) is 3. The Hall–Kier alpha value is -2.74. The molecule has 2 aromatic carbocycles. The topological polar surface area (TPSA) is 88.3 Å². The van der Waals surface area contributed by atoms with Crippen LogP contribution in [0.4, 0.5) is 0 Å². The number of halogens is 2. The number of nitrogens with one attached hydrogen (secondary N) is 3. The van der Waals surface area contributed by atoms with E-state index in [4.69, 9.17) is 32.7 Å². The molecule has 0 fully saturated rings. The van der Waals surface area contributed by atoms with E-state index in [1.54, 1.807) is 24.4 Å². The van der Waals surface area contributed by atoms with Crippen LogP contribution in [-0.4, -0.2) is 42.4 Å². The lowest BCUT2D eigenvalue weighted by atomic mass is 10.1. The maximum absolute atomic E-state index is 12.2. The highest BCUT2D eigenvalue weighted by molar-refractivity contribution is 6.42. The van der Waals surface area contributed by atoms with Crippen molar-refractivity contribution in [1.82, 2.24) is 20.8 Å². The van der Waals surface area contributed by atoms with E-state index in [1.165, 1.54) is 0 Å². The molecule has 2 heterocycles. The van der Waals surface area contributed by atoms with Crippen molar-refractivity contribution in [3.05, 3.63) is 63.8 Å². The molecule has 4 rings (SSSR count). The van der Waals surface area contributed by atoms with Gasteiger partial charge in [-0.2, -0.15) is 5.10 Å². The first-order chi connectivity index (χ1) is 14.6. The number of carbonyl (C=O) groups excluding carboxylic acids is 1. The number of hydrogen-bond acceptors (Lipinski definition) is 5. The molecule has 0 saturated heterocycles. The fourth-order valence-electron chi connectivity index (χ4n) is 3.12. The summed E-state index contributed by atoms with van der Waals surface area (Å²) in [6.45, 7) is 2.77. The van der Waals surface area contributed by atoms with Gasteiger partial charge in [0.2, 0.25) is 0 Å². The fraction of sp³-hybridized carbons (Fsp3) is 0.238. The molecule has 0 atom stereocenters. The van der Waals surface area contributed by atoms with Crippen LogP contribution >= 0.6 is 23.2 Å². The summed E-state index contributed by atoms with van der Waals surface area (Å²) in [5, 5.41) is 14.1. The Morgan fingerprint density at radius 2 is 1.87 bits per heavy atom. The average molecular weight is 447 g/mol. The maximum atomic E-state index is 12.2. The van der Waals surface area contributed by atoms with Crippen molar-refractivity contribution >= 4 is 29.1 Å². The molecule has 0 saturated carbocycles. The zero-order valence-corrected chi connectivity index (χ0v) is 17.5. The first kappa shape index (κ1) is 20.5. The normalized spacial score (nSPS) is 12.6. The number of H-pyrrole nitrogens is 1. The highest BCUT2D eigenvalue weighted by Crippen LogP contribution is 2.34. The van der Waals surface area contributed by atoms with Crippen LogP contribution in [0.25, 0.3) is 11.3 Å². The molecule has 0 unspecified atom stereocenters. The Kier molecular flexibility index (Phi) is 6.42. The molecule has 1 amide bonds. The monoisotopic (exact) mass is 446 g/mol. The summed E-state index contributed by atoms with van der Waals surface area (Å²) >= 11 is 11.8. The zero-order chi connectivity index (χ0) is 20.9. The molecule has 7 nitrogen and oxygen atoms in total. The lowest BCUT2D eigenvalue weighted by molar-refractivity contribution is 0.0954. The van der Waals surface area contributed by atoms with Crippen molar-refractivity contribution in [2.24, 2.45) is 0 Å². The van der Waals surface area contributed by atoms with Gasteiger partial charge in [0, 0.05) is 36.3 Å². The standard InChI is InChI=1S/C21H20Cl2N4O3/c22-16-3-1-14(9-17(16)23)21(28)25-6-5-24-11-15-12-26-27-20(15)13-2-4-18-19(10-13)30-8-7-29-18/h1-4,9-10,12,24H,5-8,11H2,(H,25,28)(H,26,27). The number of rotatable bonds is 7. The summed E-state index contributed by atoms with van der Waals surface area (Å²) in [5.41, 5.74) is 3.38. The van der Waals surface area contributed by atoms with Gasteiger partial charge in [-0.25, -0.2) is 0 Å². The number of fused-ring (bicyclic) bond motifs is 1. The number of carbonyl (C=O) groups is 1. The predicted octanol–water partition coefficient (Wildman–Crippen LogP) is 3.67. The fourth-order valence-corrected chi connectivity index (χ4v) is 3.42. The summed E-state index contributed by atoms with van der Waals surface area (Å²) in [7, 11) is 0. The van der Waals surface area contributed by atoms with Gasteiger partial charge in [-0.3, -0.25) is 9.89 Å². The minimum Gasteiger partial charge on any atom is -0.486 e. The van der Waals surface area contributed by atoms with Gasteiger partial charge in [0.15, 0.2) is 11.5 Å². The van der Waals surface area contributed by atoms with Gasteiger partial charge in [-0.05, 0) is 36.4 Å². The van der Waals surface area contributed by atoms with E-state index in [0.717, 1.165) is 28.3 Å². The Morgan fingerprint density at radius 1 is 1.03 bits per heavy atom. The zero-order valence-electron chi connectivity index (χ0n) is 16.0. The van der Waals surface area contributed by atoms with Gasteiger partial charge >= 0.3 is 0 Å². The Balaban J connectivity index is 1.29. The van der Waals surface area contributed by atoms with Gasteiger partial charge < -0.3 is 20.1 Å². The second-order valence-corrected chi connectivity index (χ2v) is 7.50. The van der Waals surface area contributed by atoms with Crippen LogP contribution in [0.3, 0.4) is 0 Å². The van der Waals surface area contributed by atoms with Crippen LogP contribution in [0.5, 0.6) is 11.5 Å². The number of nitrogens with zero attached hydrogens (tertiary/aromatic N) is 1. The van der Waals surface area contributed by atoms with Crippen LogP contribution in [0.2, 0.25) is 10.0 Å². The largest absolute Gasteiger partial charge is 0.486 e. The second-order valence-electron chi connectivity index (χ2n) is 6.69. The van der Waals surface area contributed by atoms with Gasteiger partial charge in [0.25, 0.3) is 5.91 Å². The molecule has 1 aliphatic rings. The molecule has 3 aromatic rings. The molecule has 1 aliphatic heterocycles. The lowest BCUT2D eigenvalue weighted by Gasteiger charge is -2.18. The molecule has 0 aliphatic carbocycles. The van der Waals surface area contributed by atoms with E-state index in [-0.39, 0.29) is 5.91 Å². The number of aromatic nitrogens is 2. The van der Waals surface area contributed by atoms with E-state index >= 15 is 0 Å². The Bertz CT molecular complexity index is 1050. The number of amides is 1. The SMILES string of the molecule is O=C(NCCNCc1cn[nH]c1-c1ccc2c(c1)OCCO2)c1ccc(Cl)c(Cl)c1. The van der Waals surface area contributed by atoms with E-state index in [2.05, 4.69) is 20.8 Å². The van der Waals surface area contributed by atoms with Crippen molar-refractivity contribution in [1.29, 1.82) is 0 Å². The third kappa shape index (κ3) is 4.70. The van der Waals surface area contributed by atoms with Gasteiger partial charge in [-0.15, -0.1) is 0 Å². The molecule has 30 heavy (non-hydrogen) atoms. The first-order valence-corrected chi connectivity index (χ1v) is 10.2. The Morgan fingerprint density at radius 3 is 2.70 bits per heavy atom. The Labute approximate surface area is 183 Å². The molecule has 1 aromatic heterocycles. The summed E-state index contributed by atoms with van der Waals surface area (Å²) in [4.78, 5) is 12.2. The van der Waals surface area contributed by atoms with Crippen molar-refractivity contribution in [2.45, 2.75) is 6.54 Å². The third-order valence-corrected chi connectivity index (χ3v) is 5.37. The smallest absolute Gasteiger partial charge is 0.251 e. The molecule has 0 bridgehead atoms. The highest BCUT2D eigenvalue weighted by Gasteiger charge is 2.15. The summed E-state index contributed by atoms with van der Waals surface area (Å²) in [6, 6.07) is 10.6. The second kappa shape index (κ2) is 9.38. The van der Waals surface area contributed by atoms with Crippen molar-refractivity contribution in [2.75, 3.05) is 26.3 Å². The van der Waals surface area contributed by atoms with E-state index in [0.29, 0.717) is 48.5 Å². The molecule has 0 radical (unpaired) electrons.